The normalized spacial score (nSPS) is 24.0. The van der Waals surface area contributed by atoms with Crippen molar-refractivity contribution in [2.75, 3.05) is 7.11 Å². The molecule has 0 spiro atoms. The SMILES string of the molecule is COc1nc(-c2ccc(C[C@@H](C#N)NC(=O)[C@H]3N[C@@H]4CC[C@H]3C4)c(F)c2)cs1. The molecule has 2 bridgehead atoms. The summed E-state index contributed by atoms with van der Waals surface area (Å²) in [6.07, 6.45) is 3.30. The minimum absolute atomic E-state index is 0.121. The fourth-order valence-corrected chi connectivity index (χ4v) is 4.76. The van der Waals surface area contributed by atoms with Gasteiger partial charge in [-0.15, -0.1) is 0 Å². The largest absolute Gasteiger partial charge is 0.473 e. The molecule has 2 aliphatic rings. The van der Waals surface area contributed by atoms with Crippen molar-refractivity contribution in [3.8, 4) is 22.5 Å². The maximum Gasteiger partial charge on any atom is 0.273 e. The van der Waals surface area contributed by atoms with Gasteiger partial charge in [0.2, 0.25) is 5.91 Å². The number of benzene rings is 1. The van der Waals surface area contributed by atoms with Crippen LogP contribution >= 0.6 is 11.3 Å². The highest BCUT2D eigenvalue weighted by Gasteiger charge is 2.43. The van der Waals surface area contributed by atoms with Gasteiger partial charge in [0, 0.05) is 23.4 Å². The number of hydrogen-bond donors (Lipinski definition) is 2. The average molecular weight is 400 g/mol. The van der Waals surface area contributed by atoms with Crippen LogP contribution in [0.5, 0.6) is 5.19 Å². The number of nitriles is 1. The van der Waals surface area contributed by atoms with Crippen LogP contribution in [0, 0.1) is 23.1 Å². The minimum Gasteiger partial charge on any atom is -0.473 e. The standard InChI is InChI=1S/C20H21FN4O2S/c1-27-20-25-17(10-28-20)12-3-2-11(16(21)8-12)6-15(9-22)24-19(26)18-13-4-5-14(7-13)23-18/h2-3,8,10,13-15,18,23H,4-7H2,1H3,(H,24,26)/t13-,14+,15-,18-/m0/s1. The van der Waals surface area contributed by atoms with Crippen LogP contribution in [-0.2, 0) is 11.2 Å². The second-order valence-corrected chi connectivity index (χ2v) is 8.14. The number of thiazole rings is 1. The molecule has 2 fully saturated rings. The maximum atomic E-state index is 14.6. The number of hydrogen-bond acceptors (Lipinski definition) is 6. The molecule has 2 N–H and O–H groups in total. The molecule has 1 aromatic carbocycles. The predicted molar refractivity (Wildman–Crippen MR) is 103 cm³/mol. The van der Waals surface area contributed by atoms with Gasteiger partial charge in [-0.1, -0.05) is 23.5 Å². The molecule has 2 aromatic rings. The van der Waals surface area contributed by atoms with E-state index in [0.29, 0.717) is 34.0 Å². The Bertz CT molecular complexity index is 925. The van der Waals surface area contributed by atoms with Gasteiger partial charge in [-0.2, -0.15) is 5.26 Å². The Morgan fingerprint density at radius 3 is 3.00 bits per heavy atom. The van der Waals surface area contributed by atoms with Gasteiger partial charge < -0.3 is 15.4 Å². The molecule has 4 rings (SSSR count). The van der Waals surface area contributed by atoms with E-state index in [4.69, 9.17) is 4.74 Å². The first-order valence-electron chi connectivity index (χ1n) is 9.31. The van der Waals surface area contributed by atoms with E-state index in [1.807, 2.05) is 0 Å². The summed E-state index contributed by atoms with van der Waals surface area (Å²) in [7, 11) is 1.54. The molecule has 28 heavy (non-hydrogen) atoms. The summed E-state index contributed by atoms with van der Waals surface area (Å²) >= 11 is 1.34. The molecule has 2 heterocycles. The molecular weight excluding hydrogens is 379 g/mol. The molecule has 1 saturated carbocycles. The Balaban J connectivity index is 1.42. The smallest absolute Gasteiger partial charge is 0.273 e. The first kappa shape index (κ1) is 18.8. The fourth-order valence-electron chi connectivity index (χ4n) is 4.12. The maximum absolute atomic E-state index is 14.6. The lowest BCUT2D eigenvalue weighted by atomic mass is 9.98. The lowest BCUT2D eigenvalue weighted by Gasteiger charge is -2.23. The van der Waals surface area contributed by atoms with Crippen LogP contribution < -0.4 is 15.4 Å². The van der Waals surface area contributed by atoms with Crippen LogP contribution in [0.3, 0.4) is 0 Å². The third kappa shape index (κ3) is 3.73. The van der Waals surface area contributed by atoms with E-state index in [0.717, 1.165) is 19.3 Å². The van der Waals surface area contributed by atoms with Crippen LogP contribution in [0.1, 0.15) is 24.8 Å². The summed E-state index contributed by atoms with van der Waals surface area (Å²) < 4.78 is 19.7. The monoisotopic (exact) mass is 400 g/mol. The van der Waals surface area contributed by atoms with E-state index < -0.39 is 11.9 Å². The molecule has 1 aliphatic heterocycles. The number of fused-ring (bicyclic) bond motifs is 2. The summed E-state index contributed by atoms with van der Waals surface area (Å²) in [6.45, 7) is 0. The number of nitrogens with one attached hydrogen (secondary N) is 2. The number of carbonyl (C=O) groups is 1. The quantitative estimate of drug-likeness (QED) is 0.778. The van der Waals surface area contributed by atoms with Crippen LogP contribution in [0.25, 0.3) is 11.3 Å². The Morgan fingerprint density at radius 2 is 2.39 bits per heavy atom. The zero-order valence-electron chi connectivity index (χ0n) is 15.4. The van der Waals surface area contributed by atoms with Gasteiger partial charge in [0.05, 0.1) is 24.9 Å². The highest BCUT2D eigenvalue weighted by Crippen LogP contribution is 2.35. The number of piperidine rings is 1. The number of rotatable bonds is 6. The van der Waals surface area contributed by atoms with Crippen LogP contribution in [0.15, 0.2) is 23.6 Å². The van der Waals surface area contributed by atoms with E-state index in [2.05, 4.69) is 21.7 Å². The molecule has 4 atom stereocenters. The van der Waals surface area contributed by atoms with Crippen molar-refractivity contribution in [3.63, 3.8) is 0 Å². The number of ether oxygens (including phenoxy) is 1. The lowest BCUT2D eigenvalue weighted by Crippen LogP contribution is -2.50. The van der Waals surface area contributed by atoms with Crippen LogP contribution in [0.2, 0.25) is 0 Å². The Kier molecular flexibility index (Phi) is 5.29. The van der Waals surface area contributed by atoms with Gasteiger partial charge in [-0.3, -0.25) is 4.79 Å². The summed E-state index contributed by atoms with van der Waals surface area (Å²) in [6, 6.07) is 6.29. The molecule has 1 saturated heterocycles. The Labute approximate surface area is 166 Å². The average Bonchev–Trinajstić information content (AvgIpc) is 3.45. The first-order valence-corrected chi connectivity index (χ1v) is 10.2. The number of carbonyl (C=O) groups excluding carboxylic acids is 1. The fraction of sp³-hybridized carbons (Fsp3) is 0.450. The minimum atomic E-state index is -0.770. The lowest BCUT2D eigenvalue weighted by molar-refractivity contribution is -0.124. The van der Waals surface area contributed by atoms with Crippen molar-refractivity contribution in [2.24, 2.45) is 5.92 Å². The van der Waals surface area contributed by atoms with E-state index in [1.54, 1.807) is 17.5 Å². The number of amides is 1. The molecule has 1 amide bonds. The third-order valence-electron chi connectivity index (χ3n) is 5.55. The molecule has 146 valence electrons. The Morgan fingerprint density at radius 1 is 1.54 bits per heavy atom. The van der Waals surface area contributed by atoms with Gasteiger partial charge in [-0.05, 0) is 36.8 Å². The molecular formula is C20H21FN4O2S. The summed E-state index contributed by atoms with van der Waals surface area (Å²) in [5.74, 6) is -0.238. The summed E-state index contributed by atoms with van der Waals surface area (Å²) in [4.78, 5) is 16.8. The van der Waals surface area contributed by atoms with Gasteiger partial charge in [0.15, 0.2) is 0 Å². The highest BCUT2D eigenvalue weighted by molar-refractivity contribution is 7.11. The third-order valence-corrected chi connectivity index (χ3v) is 6.35. The zero-order valence-corrected chi connectivity index (χ0v) is 16.3. The van der Waals surface area contributed by atoms with Crippen molar-refractivity contribution < 1.29 is 13.9 Å². The zero-order chi connectivity index (χ0) is 19.7. The van der Waals surface area contributed by atoms with Gasteiger partial charge in [0.25, 0.3) is 5.19 Å². The van der Waals surface area contributed by atoms with Gasteiger partial charge in [0.1, 0.15) is 11.9 Å². The van der Waals surface area contributed by atoms with Crippen molar-refractivity contribution >= 4 is 17.2 Å². The van der Waals surface area contributed by atoms with Crippen LogP contribution in [-0.4, -0.2) is 36.1 Å². The van der Waals surface area contributed by atoms with E-state index in [-0.39, 0.29) is 18.4 Å². The predicted octanol–water partition coefficient (Wildman–Crippen LogP) is 2.65. The molecule has 6 nitrogen and oxygen atoms in total. The van der Waals surface area contributed by atoms with Gasteiger partial charge in [-0.25, -0.2) is 9.37 Å². The van der Waals surface area contributed by atoms with E-state index in [1.165, 1.54) is 24.5 Å². The van der Waals surface area contributed by atoms with Crippen LogP contribution in [0.4, 0.5) is 4.39 Å². The first-order chi connectivity index (χ1) is 13.6. The van der Waals surface area contributed by atoms with Crippen molar-refractivity contribution in [1.29, 1.82) is 5.26 Å². The highest BCUT2D eigenvalue weighted by atomic mass is 32.1. The number of aromatic nitrogens is 1. The molecule has 0 unspecified atom stereocenters. The number of halogens is 1. The molecule has 1 aliphatic carbocycles. The second-order valence-electron chi connectivity index (χ2n) is 7.32. The summed E-state index contributed by atoms with van der Waals surface area (Å²) in [5.41, 5.74) is 1.67. The Hall–Kier alpha value is -2.50. The van der Waals surface area contributed by atoms with Crippen molar-refractivity contribution in [3.05, 3.63) is 35.0 Å². The second kappa shape index (κ2) is 7.86. The topological polar surface area (TPSA) is 87.0 Å². The van der Waals surface area contributed by atoms with Crippen molar-refractivity contribution in [2.45, 2.75) is 43.8 Å². The molecule has 8 heteroatoms. The van der Waals surface area contributed by atoms with Gasteiger partial charge >= 0.3 is 0 Å². The molecule has 0 radical (unpaired) electrons. The molecule has 1 aromatic heterocycles. The summed E-state index contributed by atoms with van der Waals surface area (Å²) in [5, 5.41) is 17.8. The van der Waals surface area contributed by atoms with Crippen molar-refractivity contribution in [1.82, 2.24) is 15.6 Å². The number of methoxy groups -OCH3 is 1. The van der Waals surface area contributed by atoms with E-state index in [9.17, 15) is 14.4 Å². The number of nitrogens with zero attached hydrogens (tertiary/aromatic N) is 2. The van der Waals surface area contributed by atoms with E-state index >= 15 is 0 Å².